The van der Waals surface area contributed by atoms with E-state index >= 15 is 0 Å². The van der Waals surface area contributed by atoms with Crippen molar-refractivity contribution in [3.05, 3.63) is 16.5 Å². The zero-order valence-corrected chi connectivity index (χ0v) is 12.0. The highest BCUT2D eigenvalue weighted by Crippen LogP contribution is 2.27. The lowest BCUT2D eigenvalue weighted by atomic mass is 10.3. The van der Waals surface area contributed by atoms with Gasteiger partial charge in [0.2, 0.25) is 10.0 Å². The van der Waals surface area contributed by atoms with Crippen molar-refractivity contribution in [2.24, 2.45) is 0 Å². The summed E-state index contributed by atoms with van der Waals surface area (Å²) in [4.78, 5) is 11.0. The Labute approximate surface area is 115 Å². The van der Waals surface area contributed by atoms with Gasteiger partial charge in [0.1, 0.15) is 9.88 Å². The zero-order chi connectivity index (χ0) is 14.0. The average molecular weight is 305 g/mol. The fourth-order valence-electron chi connectivity index (χ4n) is 1.96. The van der Waals surface area contributed by atoms with E-state index in [9.17, 15) is 13.2 Å². The molecule has 1 unspecified atom stereocenters. The largest absolute Gasteiger partial charge is 0.477 e. The van der Waals surface area contributed by atoms with Crippen LogP contribution in [0.3, 0.4) is 0 Å². The van der Waals surface area contributed by atoms with E-state index in [1.165, 1.54) is 6.07 Å². The van der Waals surface area contributed by atoms with Gasteiger partial charge in [-0.2, -0.15) is 0 Å². The zero-order valence-electron chi connectivity index (χ0n) is 10.4. The molecule has 1 fully saturated rings. The van der Waals surface area contributed by atoms with Gasteiger partial charge in [0.05, 0.1) is 11.9 Å². The summed E-state index contributed by atoms with van der Waals surface area (Å²) in [5.74, 6) is -1.14. The van der Waals surface area contributed by atoms with Crippen LogP contribution in [0.2, 0.25) is 0 Å². The van der Waals surface area contributed by atoms with Gasteiger partial charge in [-0.1, -0.05) is 0 Å². The van der Waals surface area contributed by atoms with Crippen molar-refractivity contribution < 1.29 is 23.1 Å². The molecule has 0 bridgehead atoms. The Morgan fingerprint density at radius 2 is 2.37 bits per heavy atom. The number of aromatic carboxylic acids is 1. The number of sulfonamides is 1. The third kappa shape index (κ3) is 3.68. The second-order valence-electron chi connectivity index (χ2n) is 4.45. The van der Waals surface area contributed by atoms with Gasteiger partial charge in [-0.25, -0.2) is 13.2 Å². The van der Waals surface area contributed by atoms with E-state index in [1.54, 1.807) is 6.92 Å². The Hall–Kier alpha value is -1.12. The molecule has 1 aliphatic rings. The molecule has 1 aliphatic heterocycles. The number of rotatable bonds is 5. The van der Waals surface area contributed by atoms with E-state index in [4.69, 9.17) is 9.84 Å². The normalized spacial score (nSPS) is 19.5. The van der Waals surface area contributed by atoms with E-state index in [0.717, 1.165) is 24.2 Å². The molecule has 0 aromatic carbocycles. The minimum Gasteiger partial charge on any atom is -0.477 e. The summed E-state index contributed by atoms with van der Waals surface area (Å²) >= 11 is 0.922. The Balaban J connectivity index is 2.07. The lowest BCUT2D eigenvalue weighted by Crippen LogP contribution is -2.25. The van der Waals surface area contributed by atoms with Gasteiger partial charge in [-0.05, 0) is 31.4 Å². The summed E-state index contributed by atoms with van der Waals surface area (Å²) in [5, 5.41) is 9.25. The van der Waals surface area contributed by atoms with Gasteiger partial charge in [-0.3, -0.25) is 4.72 Å². The third-order valence-corrected chi connectivity index (χ3v) is 5.41. The number of thiophene rings is 1. The van der Waals surface area contributed by atoms with Crippen molar-refractivity contribution in [1.29, 1.82) is 0 Å². The molecule has 1 atom stereocenters. The lowest BCUT2D eigenvalue weighted by Gasteiger charge is -2.10. The molecule has 0 amide bonds. The number of ether oxygens (including phenoxy) is 1. The van der Waals surface area contributed by atoms with Crippen molar-refractivity contribution in [3.8, 4) is 0 Å². The van der Waals surface area contributed by atoms with Crippen molar-refractivity contribution in [1.82, 2.24) is 0 Å². The number of hydrogen-bond acceptors (Lipinski definition) is 5. The number of carboxylic acids is 1. The molecule has 8 heteroatoms. The van der Waals surface area contributed by atoms with Gasteiger partial charge in [0, 0.05) is 6.61 Å². The first-order valence-electron chi connectivity index (χ1n) is 5.83. The number of anilines is 1. The summed E-state index contributed by atoms with van der Waals surface area (Å²) in [6.45, 7) is 2.24. The van der Waals surface area contributed by atoms with Gasteiger partial charge < -0.3 is 9.84 Å². The summed E-state index contributed by atoms with van der Waals surface area (Å²) in [7, 11) is -3.50. The Kier molecular flexibility index (Phi) is 4.12. The molecule has 0 radical (unpaired) electrons. The monoisotopic (exact) mass is 305 g/mol. The molecule has 1 aromatic rings. The molecule has 2 heterocycles. The van der Waals surface area contributed by atoms with Crippen LogP contribution in [-0.2, 0) is 14.8 Å². The Morgan fingerprint density at radius 1 is 1.63 bits per heavy atom. The topological polar surface area (TPSA) is 92.7 Å². The van der Waals surface area contributed by atoms with Crippen molar-refractivity contribution in [2.45, 2.75) is 25.9 Å². The second-order valence-corrected chi connectivity index (χ2v) is 7.27. The van der Waals surface area contributed by atoms with Crippen LogP contribution in [0.1, 0.15) is 28.1 Å². The van der Waals surface area contributed by atoms with E-state index in [1.807, 2.05) is 0 Å². The van der Waals surface area contributed by atoms with Crippen molar-refractivity contribution >= 4 is 32.3 Å². The molecule has 0 aliphatic carbocycles. The molecular weight excluding hydrogens is 290 g/mol. The Bertz CT molecular complexity index is 572. The average Bonchev–Trinajstić information content (AvgIpc) is 2.86. The van der Waals surface area contributed by atoms with Gasteiger partial charge >= 0.3 is 5.97 Å². The maximum Gasteiger partial charge on any atom is 0.346 e. The molecule has 19 heavy (non-hydrogen) atoms. The molecule has 2 N–H and O–H groups in total. The first kappa shape index (κ1) is 14.3. The molecule has 1 aromatic heterocycles. The van der Waals surface area contributed by atoms with E-state index in [-0.39, 0.29) is 16.7 Å². The third-order valence-electron chi connectivity index (χ3n) is 2.80. The molecule has 0 saturated carbocycles. The quantitative estimate of drug-likeness (QED) is 0.863. The van der Waals surface area contributed by atoms with E-state index in [2.05, 4.69) is 4.72 Å². The second kappa shape index (κ2) is 5.48. The van der Waals surface area contributed by atoms with Crippen LogP contribution in [0, 0.1) is 6.92 Å². The maximum atomic E-state index is 11.9. The van der Waals surface area contributed by atoms with Crippen LogP contribution < -0.4 is 4.72 Å². The molecule has 1 saturated heterocycles. The summed E-state index contributed by atoms with van der Waals surface area (Å²) in [6, 6.07) is 1.53. The van der Waals surface area contributed by atoms with E-state index in [0.29, 0.717) is 17.2 Å². The van der Waals surface area contributed by atoms with Crippen LogP contribution >= 0.6 is 11.3 Å². The SMILES string of the molecule is Cc1cc(NS(=O)(=O)CC2CCCO2)sc1C(=O)O. The van der Waals surface area contributed by atoms with Gasteiger partial charge in [0.15, 0.2) is 0 Å². The number of aryl methyl sites for hydroxylation is 1. The van der Waals surface area contributed by atoms with Crippen LogP contribution in [0.15, 0.2) is 6.07 Å². The number of hydrogen-bond donors (Lipinski definition) is 2. The first-order chi connectivity index (χ1) is 8.87. The first-order valence-corrected chi connectivity index (χ1v) is 8.30. The van der Waals surface area contributed by atoms with Gasteiger partial charge in [0.25, 0.3) is 0 Å². The number of carboxylic acid groups (broad SMARTS) is 1. The predicted octanol–water partition coefficient (Wildman–Crippen LogP) is 1.68. The minimum atomic E-state index is -3.50. The summed E-state index contributed by atoms with van der Waals surface area (Å²) < 4.78 is 31.5. The molecule has 6 nitrogen and oxygen atoms in total. The van der Waals surface area contributed by atoms with Crippen molar-refractivity contribution in [2.75, 3.05) is 17.1 Å². The highest BCUT2D eigenvalue weighted by molar-refractivity contribution is 7.92. The summed E-state index contributed by atoms with van der Waals surface area (Å²) in [5.41, 5.74) is 0.548. The molecule has 2 rings (SSSR count). The van der Waals surface area contributed by atoms with Crippen LogP contribution in [0.4, 0.5) is 5.00 Å². The smallest absolute Gasteiger partial charge is 0.346 e. The van der Waals surface area contributed by atoms with Gasteiger partial charge in [-0.15, -0.1) is 11.3 Å². The highest BCUT2D eigenvalue weighted by Gasteiger charge is 2.24. The minimum absolute atomic E-state index is 0.0909. The van der Waals surface area contributed by atoms with Crippen LogP contribution in [0.5, 0.6) is 0 Å². The molecule has 0 spiro atoms. The van der Waals surface area contributed by atoms with Crippen molar-refractivity contribution in [3.63, 3.8) is 0 Å². The number of nitrogens with one attached hydrogen (secondary N) is 1. The fraction of sp³-hybridized carbons (Fsp3) is 0.545. The Morgan fingerprint density at radius 3 is 2.89 bits per heavy atom. The van der Waals surface area contributed by atoms with E-state index < -0.39 is 16.0 Å². The molecular formula is C11H15NO5S2. The fourth-order valence-corrected chi connectivity index (χ4v) is 4.47. The highest BCUT2D eigenvalue weighted by atomic mass is 32.2. The molecule has 106 valence electrons. The predicted molar refractivity (Wildman–Crippen MR) is 72.4 cm³/mol. The summed E-state index contributed by atoms with van der Waals surface area (Å²) in [6.07, 6.45) is 1.35. The van der Waals surface area contributed by atoms with Crippen LogP contribution in [0.25, 0.3) is 0 Å². The maximum absolute atomic E-state index is 11.9. The number of carbonyl (C=O) groups is 1. The standard InChI is InChI=1S/C11H15NO5S2/c1-7-5-9(18-10(7)11(13)14)12-19(15,16)6-8-3-2-4-17-8/h5,8,12H,2-4,6H2,1H3,(H,13,14). The van der Waals surface area contributed by atoms with Crippen LogP contribution in [-0.4, -0.2) is 38.0 Å². The lowest BCUT2D eigenvalue weighted by molar-refractivity contribution is 0.0701.